The number of fused-ring (bicyclic) bond motifs is 1. The molecular weight excluding hydrogens is 324 g/mol. The maximum absolute atomic E-state index is 5.66. The van der Waals surface area contributed by atoms with Crippen LogP contribution in [0.3, 0.4) is 0 Å². The molecule has 3 heterocycles. The summed E-state index contributed by atoms with van der Waals surface area (Å²) < 4.78 is 12.2. The Balaban J connectivity index is 2.08. The molecule has 0 bridgehead atoms. The average Bonchev–Trinajstić information content (AvgIpc) is 2.95. The number of thiophene rings is 1. The zero-order valence-corrected chi connectivity index (χ0v) is 12.0. The number of aromatic nitrogens is 1. The second kappa shape index (κ2) is 4.56. The Morgan fingerprint density at radius 1 is 1.35 bits per heavy atom. The highest BCUT2D eigenvalue weighted by Gasteiger charge is 2.25. The van der Waals surface area contributed by atoms with Gasteiger partial charge in [0.25, 0.3) is 0 Å². The monoisotopic (exact) mass is 332 g/mol. The fourth-order valence-corrected chi connectivity index (χ4v) is 3.99. The summed E-state index contributed by atoms with van der Waals surface area (Å²) in [6, 6.07) is 0. The minimum atomic E-state index is 0.469. The summed E-state index contributed by atoms with van der Waals surface area (Å²) in [4.78, 5) is 5.47. The molecule has 3 rings (SSSR count). The first-order chi connectivity index (χ1) is 8.29. The van der Waals surface area contributed by atoms with Gasteiger partial charge in [-0.1, -0.05) is 0 Å². The highest BCUT2D eigenvalue weighted by molar-refractivity contribution is 9.11. The van der Waals surface area contributed by atoms with Gasteiger partial charge in [0.1, 0.15) is 26.9 Å². The first-order valence-electron chi connectivity index (χ1n) is 5.02. The largest absolute Gasteiger partial charge is 0.484 e. The highest BCUT2D eigenvalue weighted by atomic mass is 79.9. The Hall–Kier alpha value is -0.630. The van der Waals surface area contributed by atoms with Crippen molar-refractivity contribution < 1.29 is 9.47 Å². The fourth-order valence-electron chi connectivity index (χ4n) is 1.59. The van der Waals surface area contributed by atoms with Crippen molar-refractivity contribution in [1.82, 2.24) is 4.98 Å². The predicted molar refractivity (Wildman–Crippen MR) is 72.0 cm³/mol. The number of nitrogens with zero attached hydrogens (tertiary/aromatic N) is 1. The summed E-state index contributed by atoms with van der Waals surface area (Å²) in [7, 11) is 0. The minimum Gasteiger partial charge on any atom is -0.484 e. The van der Waals surface area contributed by atoms with Crippen LogP contribution in [0.1, 0.15) is 5.01 Å². The molecule has 17 heavy (non-hydrogen) atoms. The van der Waals surface area contributed by atoms with Crippen molar-refractivity contribution >= 4 is 38.6 Å². The molecule has 0 amide bonds. The lowest BCUT2D eigenvalue weighted by Crippen LogP contribution is -2.14. The molecule has 0 atom stereocenters. The molecule has 90 valence electrons. The van der Waals surface area contributed by atoms with Crippen LogP contribution in [0, 0.1) is 0 Å². The number of thiazole rings is 1. The van der Waals surface area contributed by atoms with E-state index in [9.17, 15) is 0 Å². The van der Waals surface area contributed by atoms with Gasteiger partial charge in [-0.15, -0.1) is 22.7 Å². The van der Waals surface area contributed by atoms with Crippen LogP contribution in [0.2, 0.25) is 0 Å². The molecule has 0 radical (unpaired) electrons. The van der Waals surface area contributed by atoms with Crippen LogP contribution in [0.4, 0.5) is 0 Å². The van der Waals surface area contributed by atoms with Crippen LogP contribution in [0.25, 0.3) is 10.6 Å². The van der Waals surface area contributed by atoms with Crippen molar-refractivity contribution in [3.05, 3.63) is 14.2 Å². The molecule has 2 aromatic heterocycles. The van der Waals surface area contributed by atoms with Gasteiger partial charge in [-0.05, 0) is 15.9 Å². The average molecular weight is 333 g/mol. The second-order valence-corrected chi connectivity index (χ2v) is 6.67. The number of nitrogens with two attached hydrogens (primary N) is 1. The van der Waals surface area contributed by atoms with E-state index in [-0.39, 0.29) is 0 Å². The van der Waals surface area contributed by atoms with Crippen LogP contribution in [-0.2, 0) is 6.54 Å². The molecule has 2 N–H and O–H groups in total. The summed E-state index contributed by atoms with van der Waals surface area (Å²) in [6.07, 6.45) is 0. The van der Waals surface area contributed by atoms with Crippen molar-refractivity contribution in [3.63, 3.8) is 0 Å². The highest BCUT2D eigenvalue weighted by Crippen LogP contribution is 2.51. The first kappa shape index (κ1) is 11.5. The van der Waals surface area contributed by atoms with Crippen LogP contribution in [0.15, 0.2) is 9.17 Å². The van der Waals surface area contributed by atoms with E-state index in [2.05, 4.69) is 20.9 Å². The third kappa shape index (κ3) is 1.97. The van der Waals surface area contributed by atoms with Gasteiger partial charge >= 0.3 is 0 Å². The molecule has 0 fully saturated rings. The molecule has 0 saturated carbocycles. The van der Waals surface area contributed by atoms with E-state index in [0.717, 1.165) is 30.9 Å². The molecule has 0 saturated heterocycles. The van der Waals surface area contributed by atoms with E-state index in [1.54, 1.807) is 22.7 Å². The van der Waals surface area contributed by atoms with E-state index in [1.165, 1.54) is 0 Å². The van der Waals surface area contributed by atoms with Gasteiger partial charge in [0.2, 0.25) is 0 Å². The summed E-state index contributed by atoms with van der Waals surface area (Å²) in [5, 5.41) is 2.92. The number of hydrogen-bond acceptors (Lipinski definition) is 6. The Bertz CT molecular complexity index is 552. The molecular formula is C10H9BrN2O2S2. The zero-order chi connectivity index (χ0) is 11.8. The van der Waals surface area contributed by atoms with Gasteiger partial charge in [0.15, 0.2) is 11.5 Å². The van der Waals surface area contributed by atoms with E-state index in [4.69, 9.17) is 15.2 Å². The van der Waals surface area contributed by atoms with Gasteiger partial charge in [-0.25, -0.2) is 4.98 Å². The summed E-state index contributed by atoms with van der Waals surface area (Å²) in [6.45, 7) is 1.64. The van der Waals surface area contributed by atoms with E-state index in [0.29, 0.717) is 19.8 Å². The SMILES string of the molecule is NCc1nc(-c2sc(Br)c3c2OCCO3)cs1. The van der Waals surface area contributed by atoms with E-state index in [1.807, 2.05) is 5.38 Å². The Labute approximate surface area is 115 Å². The van der Waals surface area contributed by atoms with Gasteiger partial charge < -0.3 is 15.2 Å². The van der Waals surface area contributed by atoms with Crippen LogP contribution in [0.5, 0.6) is 11.5 Å². The number of hydrogen-bond donors (Lipinski definition) is 1. The molecule has 0 aliphatic carbocycles. The molecule has 7 heteroatoms. The van der Waals surface area contributed by atoms with Crippen molar-refractivity contribution in [2.45, 2.75) is 6.54 Å². The summed E-state index contributed by atoms with van der Waals surface area (Å²) in [5.74, 6) is 1.58. The predicted octanol–water partition coefficient (Wildman–Crippen LogP) is 2.86. The standard InChI is InChI=1S/C10H9BrN2O2S2/c11-10-8-7(14-1-2-15-8)9(17-10)5-4-16-6(3-12)13-5/h4H,1-3,12H2. The van der Waals surface area contributed by atoms with E-state index < -0.39 is 0 Å². The summed E-state index contributed by atoms with van der Waals surface area (Å²) >= 11 is 6.63. The second-order valence-electron chi connectivity index (χ2n) is 3.39. The number of halogens is 1. The van der Waals surface area contributed by atoms with Crippen molar-refractivity contribution in [2.75, 3.05) is 13.2 Å². The maximum Gasteiger partial charge on any atom is 0.187 e. The van der Waals surface area contributed by atoms with Crippen molar-refractivity contribution in [3.8, 4) is 22.1 Å². The molecule has 2 aromatic rings. The van der Waals surface area contributed by atoms with E-state index >= 15 is 0 Å². The lowest BCUT2D eigenvalue weighted by Gasteiger charge is -2.15. The van der Waals surface area contributed by atoms with Crippen LogP contribution < -0.4 is 15.2 Å². The van der Waals surface area contributed by atoms with Gasteiger partial charge in [-0.2, -0.15) is 0 Å². The smallest absolute Gasteiger partial charge is 0.187 e. The Morgan fingerprint density at radius 2 is 2.12 bits per heavy atom. The first-order valence-corrected chi connectivity index (χ1v) is 7.51. The van der Waals surface area contributed by atoms with Crippen molar-refractivity contribution in [2.24, 2.45) is 5.73 Å². The molecule has 4 nitrogen and oxygen atoms in total. The quantitative estimate of drug-likeness (QED) is 0.918. The number of rotatable bonds is 2. The minimum absolute atomic E-state index is 0.469. The fraction of sp³-hybridized carbons (Fsp3) is 0.300. The normalized spacial score (nSPS) is 14.0. The lowest BCUT2D eigenvalue weighted by molar-refractivity contribution is 0.173. The van der Waals surface area contributed by atoms with Crippen LogP contribution >= 0.6 is 38.6 Å². The molecule has 0 aromatic carbocycles. The third-order valence-corrected chi connectivity index (χ3v) is 5.00. The number of ether oxygens (including phenoxy) is 2. The topological polar surface area (TPSA) is 57.4 Å². The van der Waals surface area contributed by atoms with Gasteiger partial charge in [0.05, 0.1) is 5.69 Å². The lowest BCUT2D eigenvalue weighted by atomic mass is 10.3. The molecule has 0 spiro atoms. The van der Waals surface area contributed by atoms with Crippen molar-refractivity contribution in [1.29, 1.82) is 0 Å². The molecule has 0 unspecified atom stereocenters. The zero-order valence-electron chi connectivity index (χ0n) is 8.73. The Morgan fingerprint density at radius 3 is 2.82 bits per heavy atom. The third-order valence-electron chi connectivity index (χ3n) is 2.32. The molecule has 1 aliphatic rings. The van der Waals surface area contributed by atoms with Gasteiger partial charge in [0, 0.05) is 11.9 Å². The summed E-state index contributed by atoms with van der Waals surface area (Å²) in [5.41, 5.74) is 6.48. The Kier molecular flexibility index (Phi) is 3.08. The maximum atomic E-state index is 5.66. The molecule has 1 aliphatic heterocycles. The van der Waals surface area contributed by atoms with Crippen LogP contribution in [-0.4, -0.2) is 18.2 Å². The van der Waals surface area contributed by atoms with Gasteiger partial charge in [-0.3, -0.25) is 0 Å².